The quantitative estimate of drug-likeness (QED) is 0.716. The van der Waals surface area contributed by atoms with Gasteiger partial charge in [0.25, 0.3) is 0 Å². The van der Waals surface area contributed by atoms with E-state index in [0.29, 0.717) is 5.92 Å². The van der Waals surface area contributed by atoms with Crippen molar-refractivity contribution >= 4 is 0 Å². The summed E-state index contributed by atoms with van der Waals surface area (Å²) in [6.07, 6.45) is 21.4. The van der Waals surface area contributed by atoms with Crippen LogP contribution in [0.5, 0.6) is 0 Å². The molecule has 0 spiro atoms. The van der Waals surface area contributed by atoms with Gasteiger partial charge in [-0.3, -0.25) is 0 Å². The summed E-state index contributed by atoms with van der Waals surface area (Å²) < 4.78 is 0. The molecule has 3 unspecified atom stereocenters. The lowest BCUT2D eigenvalue weighted by molar-refractivity contribution is 0.215. The van der Waals surface area contributed by atoms with Crippen LogP contribution < -0.4 is 5.73 Å². The van der Waals surface area contributed by atoms with E-state index in [1.54, 1.807) is 0 Å². The summed E-state index contributed by atoms with van der Waals surface area (Å²) in [5.74, 6) is 4.24. The van der Waals surface area contributed by atoms with Crippen molar-refractivity contribution in [3.63, 3.8) is 0 Å². The molecule has 20 heavy (non-hydrogen) atoms. The second-order valence-electron chi connectivity index (χ2n) is 7.27. The van der Waals surface area contributed by atoms with Gasteiger partial charge in [0.05, 0.1) is 0 Å². The highest BCUT2D eigenvalue weighted by Crippen LogP contribution is 2.40. The molecule has 0 heterocycles. The van der Waals surface area contributed by atoms with Gasteiger partial charge in [-0.15, -0.1) is 0 Å². The lowest BCUT2D eigenvalue weighted by atomic mass is 9.70. The van der Waals surface area contributed by atoms with Crippen LogP contribution in [0.15, 0.2) is 36.1 Å². The van der Waals surface area contributed by atoms with E-state index in [0.717, 1.165) is 35.8 Å². The van der Waals surface area contributed by atoms with Crippen molar-refractivity contribution in [3.8, 4) is 0 Å². The first kappa shape index (κ1) is 14.0. The lowest BCUT2D eigenvalue weighted by Crippen LogP contribution is -2.24. The summed E-state index contributed by atoms with van der Waals surface area (Å²) in [7, 11) is 0. The summed E-state index contributed by atoms with van der Waals surface area (Å²) in [4.78, 5) is 0. The fourth-order valence-corrected chi connectivity index (χ4v) is 4.30. The molecule has 1 saturated carbocycles. The normalized spacial score (nSPS) is 41.5. The second-order valence-corrected chi connectivity index (χ2v) is 7.27. The van der Waals surface area contributed by atoms with Crippen molar-refractivity contribution in [1.29, 1.82) is 0 Å². The number of hydrogen-bond acceptors (Lipinski definition) is 1. The zero-order valence-electron chi connectivity index (χ0n) is 12.8. The standard InChI is InChI=1S/C19H29N/c1-14-2-4-15(5-3-14)16-6-8-17(9-7-16)18-10-12-19(20)13-11-18/h6,8,10,12-18H,2-5,7,9,11,20H2,1H3. The molecular formula is C19H29N. The molecule has 3 aliphatic rings. The maximum absolute atomic E-state index is 5.81. The largest absolute Gasteiger partial charge is 0.399 e. The topological polar surface area (TPSA) is 26.0 Å². The van der Waals surface area contributed by atoms with E-state index in [1.165, 1.54) is 38.5 Å². The summed E-state index contributed by atoms with van der Waals surface area (Å²) in [6.45, 7) is 2.41. The molecule has 0 aromatic carbocycles. The molecule has 110 valence electrons. The number of nitrogens with two attached hydrogens (primary N) is 1. The lowest BCUT2D eigenvalue weighted by Gasteiger charge is -2.35. The zero-order valence-corrected chi connectivity index (χ0v) is 12.8. The van der Waals surface area contributed by atoms with Gasteiger partial charge in [-0.2, -0.15) is 0 Å². The molecule has 3 aliphatic carbocycles. The molecule has 1 heteroatoms. The molecule has 1 nitrogen and oxygen atoms in total. The Bertz CT molecular complexity index is 409. The molecule has 0 aromatic rings. The fourth-order valence-electron chi connectivity index (χ4n) is 4.30. The maximum Gasteiger partial charge on any atom is 0.0270 e. The summed E-state index contributed by atoms with van der Waals surface area (Å²) in [6, 6.07) is 0. The molecule has 0 aliphatic heterocycles. The number of hydrogen-bond donors (Lipinski definition) is 1. The Morgan fingerprint density at radius 1 is 0.850 bits per heavy atom. The third-order valence-corrected chi connectivity index (χ3v) is 5.82. The third-order valence-electron chi connectivity index (χ3n) is 5.82. The van der Waals surface area contributed by atoms with E-state index in [4.69, 9.17) is 5.73 Å². The molecule has 1 fully saturated rings. The molecule has 0 saturated heterocycles. The van der Waals surface area contributed by atoms with Crippen LogP contribution in [-0.2, 0) is 0 Å². The highest BCUT2D eigenvalue weighted by molar-refractivity contribution is 5.22. The van der Waals surface area contributed by atoms with Crippen molar-refractivity contribution in [2.75, 3.05) is 0 Å². The minimum atomic E-state index is 0.686. The monoisotopic (exact) mass is 271 g/mol. The SMILES string of the molecule is CC1CCC(C2C=CC(C3C=CC(N)=CC3)CC2)CC1. The molecule has 0 amide bonds. The second kappa shape index (κ2) is 6.20. The van der Waals surface area contributed by atoms with Crippen LogP contribution in [0.25, 0.3) is 0 Å². The third kappa shape index (κ3) is 3.19. The summed E-state index contributed by atoms with van der Waals surface area (Å²) in [5.41, 5.74) is 6.75. The first-order valence-corrected chi connectivity index (χ1v) is 8.54. The van der Waals surface area contributed by atoms with Crippen LogP contribution in [0.1, 0.15) is 51.9 Å². The van der Waals surface area contributed by atoms with Gasteiger partial charge in [0, 0.05) is 5.70 Å². The highest BCUT2D eigenvalue weighted by atomic mass is 14.6. The van der Waals surface area contributed by atoms with E-state index in [-0.39, 0.29) is 0 Å². The van der Waals surface area contributed by atoms with E-state index >= 15 is 0 Å². The van der Waals surface area contributed by atoms with Gasteiger partial charge in [-0.25, -0.2) is 0 Å². The predicted octanol–water partition coefficient (Wildman–Crippen LogP) is 4.81. The molecule has 0 aromatic heterocycles. The first-order chi connectivity index (χ1) is 9.72. The minimum Gasteiger partial charge on any atom is -0.399 e. The molecule has 0 radical (unpaired) electrons. The van der Waals surface area contributed by atoms with Crippen LogP contribution >= 0.6 is 0 Å². The molecule has 2 N–H and O–H groups in total. The van der Waals surface area contributed by atoms with Crippen molar-refractivity contribution < 1.29 is 0 Å². The van der Waals surface area contributed by atoms with Crippen LogP contribution in [0.4, 0.5) is 0 Å². The van der Waals surface area contributed by atoms with E-state index in [2.05, 4.69) is 37.3 Å². The average molecular weight is 271 g/mol. The smallest absolute Gasteiger partial charge is 0.0270 e. The maximum atomic E-state index is 5.81. The Morgan fingerprint density at radius 3 is 2.15 bits per heavy atom. The van der Waals surface area contributed by atoms with Gasteiger partial charge in [0.15, 0.2) is 0 Å². The van der Waals surface area contributed by atoms with Crippen molar-refractivity contribution in [2.24, 2.45) is 35.3 Å². The Hall–Kier alpha value is -0.980. The zero-order chi connectivity index (χ0) is 13.9. The highest BCUT2D eigenvalue weighted by Gasteiger charge is 2.28. The van der Waals surface area contributed by atoms with Gasteiger partial charge in [0.1, 0.15) is 0 Å². The Kier molecular flexibility index (Phi) is 4.33. The van der Waals surface area contributed by atoms with Gasteiger partial charge in [-0.05, 0) is 67.8 Å². The van der Waals surface area contributed by atoms with Crippen molar-refractivity contribution in [3.05, 3.63) is 36.1 Å². The van der Waals surface area contributed by atoms with Crippen molar-refractivity contribution in [1.82, 2.24) is 0 Å². The van der Waals surface area contributed by atoms with Gasteiger partial charge >= 0.3 is 0 Å². The first-order valence-electron chi connectivity index (χ1n) is 8.54. The Morgan fingerprint density at radius 2 is 1.55 bits per heavy atom. The van der Waals surface area contributed by atoms with Crippen LogP contribution in [-0.4, -0.2) is 0 Å². The molecule has 3 atom stereocenters. The van der Waals surface area contributed by atoms with Crippen LogP contribution in [0.2, 0.25) is 0 Å². The van der Waals surface area contributed by atoms with Gasteiger partial charge in [0.2, 0.25) is 0 Å². The molecule has 3 rings (SSSR count). The number of allylic oxidation sites excluding steroid dienone is 5. The Labute approximate surface area is 124 Å². The minimum absolute atomic E-state index is 0.686. The van der Waals surface area contributed by atoms with Gasteiger partial charge < -0.3 is 5.73 Å². The van der Waals surface area contributed by atoms with E-state index in [1.807, 2.05) is 0 Å². The van der Waals surface area contributed by atoms with Crippen LogP contribution in [0.3, 0.4) is 0 Å². The average Bonchev–Trinajstić information content (AvgIpc) is 2.49. The van der Waals surface area contributed by atoms with E-state index in [9.17, 15) is 0 Å². The Balaban J connectivity index is 1.54. The molecule has 0 bridgehead atoms. The van der Waals surface area contributed by atoms with Crippen molar-refractivity contribution in [2.45, 2.75) is 51.9 Å². The summed E-state index contributed by atoms with van der Waals surface area (Å²) in [5, 5.41) is 0. The van der Waals surface area contributed by atoms with Gasteiger partial charge in [-0.1, -0.05) is 44.1 Å². The number of rotatable bonds is 2. The van der Waals surface area contributed by atoms with E-state index < -0.39 is 0 Å². The molecular weight excluding hydrogens is 242 g/mol. The predicted molar refractivity (Wildman–Crippen MR) is 86.0 cm³/mol. The van der Waals surface area contributed by atoms with Crippen LogP contribution in [0, 0.1) is 29.6 Å². The fraction of sp³-hybridized carbons (Fsp3) is 0.684. The summed E-state index contributed by atoms with van der Waals surface area (Å²) >= 11 is 0.